The molecule has 5 nitrogen and oxygen atoms in total. The molecular formula is C10H10FNO4. The number of hydrogen-bond acceptors (Lipinski definition) is 4. The van der Waals surface area contributed by atoms with Gasteiger partial charge in [-0.05, 0) is 25.5 Å². The van der Waals surface area contributed by atoms with Crippen molar-refractivity contribution in [1.29, 1.82) is 0 Å². The van der Waals surface area contributed by atoms with Crippen LogP contribution in [0.25, 0.3) is 0 Å². The van der Waals surface area contributed by atoms with Crippen molar-refractivity contribution >= 4 is 11.7 Å². The Hall–Kier alpha value is -1.98. The molecule has 1 rings (SSSR count). The fourth-order valence-electron chi connectivity index (χ4n) is 1.22. The second kappa shape index (κ2) is 4.69. The standard InChI is InChI=1S/C10H10FNO4/c1-3-16-10(13)8-7(12(14)15)5-4-6(2)9(8)11/h4-5H,3H2,1-2H3. The fourth-order valence-corrected chi connectivity index (χ4v) is 1.22. The largest absolute Gasteiger partial charge is 0.462 e. The molecule has 1 aromatic rings. The summed E-state index contributed by atoms with van der Waals surface area (Å²) in [5.41, 5.74) is -1.04. The lowest BCUT2D eigenvalue weighted by atomic mass is 10.1. The summed E-state index contributed by atoms with van der Waals surface area (Å²) in [6.07, 6.45) is 0. The first-order valence-electron chi connectivity index (χ1n) is 4.59. The van der Waals surface area contributed by atoms with Crippen LogP contribution >= 0.6 is 0 Å². The number of benzene rings is 1. The van der Waals surface area contributed by atoms with E-state index < -0.39 is 28.0 Å². The van der Waals surface area contributed by atoms with E-state index in [1.165, 1.54) is 19.9 Å². The second-order valence-corrected chi connectivity index (χ2v) is 3.07. The molecule has 0 unspecified atom stereocenters. The lowest BCUT2D eigenvalue weighted by Crippen LogP contribution is -2.11. The average Bonchev–Trinajstić information content (AvgIpc) is 2.21. The smallest absolute Gasteiger partial charge is 0.348 e. The van der Waals surface area contributed by atoms with Gasteiger partial charge in [-0.25, -0.2) is 9.18 Å². The Bertz CT molecular complexity index is 445. The van der Waals surface area contributed by atoms with Crippen molar-refractivity contribution in [2.45, 2.75) is 13.8 Å². The van der Waals surface area contributed by atoms with Crippen LogP contribution in [0.15, 0.2) is 12.1 Å². The molecule has 0 aliphatic heterocycles. The van der Waals surface area contributed by atoms with Crippen molar-refractivity contribution in [2.24, 2.45) is 0 Å². The van der Waals surface area contributed by atoms with Gasteiger partial charge in [-0.3, -0.25) is 10.1 Å². The minimum absolute atomic E-state index is 0.0311. The van der Waals surface area contributed by atoms with E-state index in [1.807, 2.05) is 0 Å². The quantitative estimate of drug-likeness (QED) is 0.451. The molecule has 0 aliphatic carbocycles. The minimum atomic E-state index is -1.02. The van der Waals surface area contributed by atoms with Gasteiger partial charge in [0.1, 0.15) is 5.82 Å². The van der Waals surface area contributed by atoms with Crippen LogP contribution in [0.1, 0.15) is 22.8 Å². The van der Waals surface area contributed by atoms with Crippen molar-refractivity contribution in [3.05, 3.63) is 39.2 Å². The lowest BCUT2D eigenvalue weighted by Gasteiger charge is -2.05. The van der Waals surface area contributed by atoms with E-state index in [-0.39, 0.29) is 12.2 Å². The number of nitro groups is 1. The number of nitrogens with zero attached hydrogens (tertiary/aromatic N) is 1. The molecule has 16 heavy (non-hydrogen) atoms. The Balaban J connectivity index is 3.37. The molecule has 1 aromatic carbocycles. The summed E-state index contributed by atoms with van der Waals surface area (Å²) in [6.45, 7) is 2.99. The molecule has 0 radical (unpaired) electrons. The average molecular weight is 227 g/mol. The Labute approximate surface area is 91.0 Å². The van der Waals surface area contributed by atoms with Crippen LogP contribution in [0.5, 0.6) is 0 Å². The Morgan fingerprint density at radius 2 is 2.19 bits per heavy atom. The van der Waals surface area contributed by atoms with Gasteiger partial charge < -0.3 is 4.74 Å². The van der Waals surface area contributed by atoms with Gasteiger partial charge in [0.05, 0.1) is 11.5 Å². The molecular weight excluding hydrogens is 217 g/mol. The molecule has 0 saturated carbocycles. The maximum Gasteiger partial charge on any atom is 0.348 e. The third-order valence-electron chi connectivity index (χ3n) is 1.99. The van der Waals surface area contributed by atoms with E-state index in [1.54, 1.807) is 0 Å². The number of halogens is 1. The van der Waals surface area contributed by atoms with Gasteiger partial charge in [0, 0.05) is 6.07 Å². The normalized spacial score (nSPS) is 9.94. The zero-order chi connectivity index (χ0) is 12.3. The van der Waals surface area contributed by atoms with Crippen molar-refractivity contribution in [2.75, 3.05) is 6.61 Å². The number of esters is 1. The summed E-state index contributed by atoms with van der Waals surface area (Å²) in [7, 11) is 0. The summed E-state index contributed by atoms with van der Waals surface area (Å²) in [4.78, 5) is 21.2. The molecule has 86 valence electrons. The van der Waals surface area contributed by atoms with E-state index >= 15 is 0 Å². The molecule has 0 saturated heterocycles. The molecule has 0 heterocycles. The van der Waals surface area contributed by atoms with Crippen LogP contribution in [0, 0.1) is 22.9 Å². The molecule has 0 aliphatic rings. The first kappa shape index (κ1) is 12.1. The van der Waals surface area contributed by atoms with E-state index in [0.29, 0.717) is 0 Å². The first-order chi connectivity index (χ1) is 7.49. The van der Waals surface area contributed by atoms with Crippen LogP contribution in [-0.2, 0) is 4.74 Å². The highest BCUT2D eigenvalue weighted by Crippen LogP contribution is 2.24. The lowest BCUT2D eigenvalue weighted by molar-refractivity contribution is -0.385. The third-order valence-corrected chi connectivity index (χ3v) is 1.99. The van der Waals surface area contributed by atoms with E-state index in [4.69, 9.17) is 0 Å². The molecule has 0 bridgehead atoms. The summed E-state index contributed by atoms with van der Waals surface area (Å²) >= 11 is 0. The molecule has 0 spiro atoms. The SMILES string of the molecule is CCOC(=O)c1c([N+](=O)[O-])ccc(C)c1F. The highest BCUT2D eigenvalue weighted by atomic mass is 19.1. The molecule has 0 fully saturated rings. The topological polar surface area (TPSA) is 69.4 Å². The van der Waals surface area contributed by atoms with Crippen LogP contribution in [0.2, 0.25) is 0 Å². The van der Waals surface area contributed by atoms with Gasteiger partial charge in [0.2, 0.25) is 0 Å². The summed E-state index contributed by atoms with van der Waals surface area (Å²) in [5.74, 6) is -1.93. The zero-order valence-corrected chi connectivity index (χ0v) is 8.82. The molecule has 0 atom stereocenters. The van der Waals surface area contributed by atoms with Crippen LogP contribution in [-0.4, -0.2) is 17.5 Å². The third kappa shape index (κ3) is 2.16. The highest BCUT2D eigenvalue weighted by molar-refractivity contribution is 5.94. The number of nitro benzene ring substituents is 1. The Kier molecular flexibility index (Phi) is 3.55. The van der Waals surface area contributed by atoms with Crippen molar-refractivity contribution in [3.8, 4) is 0 Å². The monoisotopic (exact) mass is 227 g/mol. The number of carbonyl (C=O) groups is 1. The maximum atomic E-state index is 13.6. The fraction of sp³-hybridized carbons (Fsp3) is 0.300. The van der Waals surface area contributed by atoms with E-state index in [0.717, 1.165) is 6.07 Å². The molecule has 6 heteroatoms. The molecule has 0 aromatic heterocycles. The van der Waals surface area contributed by atoms with Crippen LogP contribution in [0.3, 0.4) is 0 Å². The Morgan fingerprint density at radius 3 is 2.69 bits per heavy atom. The molecule has 0 N–H and O–H groups in total. The second-order valence-electron chi connectivity index (χ2n) is 3.07. The van der Waals surface area contributed by atoms with E-state index in [9.17, 15) is 19.3 Å². The maximum absolute atomic E-state index is 13.6. The number of ether oxygens (including phenoxy) is 1. The first-order valence-corrected chi connectivity index (χ1v) is 4.59. The molecule has 0 amide bonds. The number of rotatable bonds is 3. The van der Waals surface area contributed by atoms with Gasteiger partial charge in [-0.2, -0.15) is 0 Å². The summed E-state index contributed by atoms with van der Waals surface area (Å²) in [5, 5.41) is 10.6. The van der Waals surface area contributed by atoms with Crippen molar-refractivity contribution in [3.63, 3.8) is 0 Å². The highest BCUT2D eigenvalue weighted by Gasteiger charge is 2.26. The van der Waals surface area contributed by atoms with Gasteiger partial charge >= 0.3 is 5.97 Å². The van der Waals surface area contributed by atoms with Gasteiger partial charge in [-0.15, -0.1) is 0 Å². The minimum Gasteiger partial charge on any atom is -0.462 e. The number of aryl methyl sites for hydroxylation is 1. The van der Waals surface area contributed by atoms with Crippen LogP contribution < -0.4 is 0 Å². The predicted octanol–water partition coefficient (Wildman–Crippen LogP) is 2.22. The van der Waals surface area contributed by atoms with Crippen LogP contribution in [0.4, 0.5) is 10.1 Å². The van der Waals surface area contributed by atoms with E-state index in [2.05, 4.69) is 4.74 Å². The van der Waals surface area contributed by atoms with Gasteiger partial charge in [0.15, 0.2) is 5.56 Å². The summed E-state index contributed by atoms with van der Waals surface area (Å²) < 4.78 is 18.2. The number of hydrogen-bond donors (Lipinski definition) is 0. The van der Waals surface area contributed by atoms with Crippen molar-refractivity contribution in [1.82, 2.24) is 0 Å². The Morgan fingerprint density at radius 1 is 1.56 bits per heavy atom. The van der Waals surface area contributed by atoms with Gasteiger partial charge in [0.25, 0.3) is 5.69 Å². The van der Waals surface area contributed by atoms with Gasteiger partial charge in [-0.1, -0.05) is 0 Å². The summed E-state index contributed by atoms with van der Waals surface area (Å²) in [6, 6.07) is 2.33. The number of carbonyl (C=O) groups excluding carboxylic acids is 1. The van der Waals surface area contributed by atoms with Crippen molar-refractivity contribution < 1.29 is 18.8 Å². The predicted molar refractivity (Wildman–Crippen MR) is 53.7 cm³/mol. The zero-order valence-electron chi connectivity index (χ0n) is 8.82.